The first kappa shape index (κ1) is 25.5. The molecule has 0 aliphatic rings. The Labute approximate surface area is 169 Å². The number of hydrogen-bond acceptors (Lipinski definition) is 0. The molecule has 136 valence electrons. The largest absolute Gasteiger partial charge is 1.00 e. The molecule has 2 heterocycles. The standard InChI is InChI=1S/2C10H16N.2BrH/c2*1-3-4-7-11-8-5-6-10(2)9-11;;/h2*5-6,8-9H,3-4,7H2,1-2H3;2*1H/q2*+1;;/p-2. The summed E-state index contributed by atoms with van der Waals surface area (Å²) in [6, 6.07) is 8.46. The molecule has 0 aromatic carbocycles. The van der Waals surface area contributed by atoms with E-state index in [9.17, 15) is 0 Å². The molecule has 0 bridgehead atoms. The fourth-order valence-electron chi connectivity index (χ4n) is 2.27. The van der Waals surface area contributed by atoms with Crippen molar-refractivity contribution in [3.05, 3.63) is 60.2 Å². The molecule has 0 atom stereocenters. The Morgan fingerprint density at radius 2 is 1.08 bits per heavy atom. The van der Waals surface area contributed by atoms with E-state index in [0.29, 0.717) is 0 Å². The maximum atomic E-state index is 2.25. The van der Waals surface area contributed by atoms with Crippen molar-refractivity contribution < 1.29 is 43.1 Å². The average molecular weight is 460 g/mol. The average Bonchev–Trinajstić information content (AvgIpc) is 2.52. The summed E-state index contributed by atoms with van der Waals surface area (Å²) in [4.78, 5) is 0. The summed E-state index contributed by atoms with van der Waals surface area (Å²) in [6.45, 7) is 11.0. The van der Waals surface area contributed by atoms with Crippen LogP contribution in [-0.4, -0.2) is 0 Å². The Balaban J connectivity index is 0. The van der Waals surface area contributed by atoms with Crippen molar-refractivity contribution in [2.75, 3.05) is 0 Å². The number of aryl methyl sites for hydroxylation is 4. The summed E-state index contributed by atoms with van der Waals surface area (Å²) in [5.74, 6) is 0. The first-order chi connectivity index (χ1) is 10.7. The highest BCUT2D eigenvalue weighted by Crippen LogP contribution is 1.92. The molecule has 0 saturated carbocycles. The minimum absolute atomic E-state index is 0. The number of rotatable bonds is 6. The van der Waals surface area contributed by atoms with Gasteiger partial charge >= 0.3 is 0 Å². The first-order valence-corrected chi connectivity index (χ1v) is 8.57. The predicted molar refractivity (Wildman–Crippen MR) is 92.6 cm³/mol. The van der Waals surface area contributed by atoms with Gasteiger partial charge in [-0.2, -0.15) is 0 Å². The molecular formula is C20H32Br2N2. The molecule has 0 spiro atoms. The normalized spacial score (nSPS) is 9.17. The third-order valence-electron chi connectivity index (χ3n) is 3.55. The van der Waals surface area contributed by atoms with Gasteiger partial charge in [-0.25, -0.2) is 9.13 Å². The number of pyridine rings is 2. The fourth-order valence-corrected chi connectivity index (χ4v) is 2.27. The topological polar surface area (TPSA) is 7.76 Å². The molecule has 0 fully saturated rings. The maximum absolute atomic E-state index is 2.25. The molecule has 2 nitrogen and oxygen atoms in total. The van der Waals surface area contributed by atoms with Crippen molar-refractivity contribution in [2.45, 2.75) is 66.5 Å². The molecule has 0 radical (unpaired) electrons. The monoisotopic (exact) mass is 458 g/mol. The number of halogens is 2. The van der Waals surface area contributed by atoms with Gasteiger partial charge in [-0.3, -0.25) is 0 Å². The summed E-state index contributed by atoms with van der Waals surface area (Å²) in [5, 5.41) is 0. The number of aromatic nitrogens is 2. The van der Waals surface area contributed by atoms with Gasteiger partial charge in [0.05, 0.1) is 0 Å². The zero-order chi connectivity index (χ0) is 16.2. The summed E-state index contributed by atoms with van der Waals surface area (Å²) in [5.41, 5.74) is 2.67. The van der Waals surface area contributed by atoms with Gasteiger partial charge in [0.2, 0.25) is 0 Å². The van der Waals surface area contributed by atoms with Crippen molar-refractivity contribution in [3.63, 3.8) is 0 Å². The highest BCUT2D eigenvalue weighted by Gasteiger charge is 1.97. The van der Waals surface area contributed by atoms with Gasteiger partial charge in [-0.15, -0.1) is 0 Å². The van der Waals surface area contributed by atoms with E-state index in [-0.39, 0.29) is 34.0 Å². The summed E-state index contributed by atoms with van der Waals surface area (Å²) in [7, 11) is 0. The molecule has 2 rings (SSSR count). The highest BCUT2D eigenvalue weighted by molar-refractivity contribution is 5.01. The SMILES string of the molecule is CCCC[n+]1cccc(C)c1.CCCC[n+]1cccc(C)c1.[Br-].[Br-]. The van der Waals surface area contributed by atoms with Crippen LogP contribution in [0.15, 0.2) is 49.1 Å². The van der Waals surface area contributed by atoms with Crippen LogP contribution >= 0.6 is 0 Å². The fraction of sp³-hybridized carbons (Fsp3) is 0.500. The van der Waals surface area contributed by atoms with Gasteiger partial charge < -0.3 is 34.0 Å². The Kier molecular flexibility index (Phi) is 16.8. The second-order valence-corrected chi connectivity index (χ2v) is 5.95. The van der Waals surface area contributed by atoms with Gasteiger partial charge in [-0.05, 0) is 26.0 Å². The van der Waals surface area contributed by atoms with E-state index < -0.39 is 0 Å². The number of hydrogen-bond donors (Lipinski definition) is 0. The lowest BCUT2D eigenvalue weighted by Gasteiger charge is -1.94. The number of unbranched alkanes of at least 4 members (excludes halogenated alkanes) is 2. The van der Waals surface area contributed by atoms with Crippen LogP contribution in [0.25, 0.3) is 0 Å². The van der Waals surface area contributed by atoms with Crippen molar-refractivity contribution in [1.82, 2.24) is 0 Å². The van der Waals surface area contributed by atoms with Crippen LogP contribution in [0, 0.1) is 13.8 Å². The molecule has 0 unspecified atom stereocenters. The molecule has 0 saturated heterocycles. The zero-order valence-electron chi connectivity index (χ0n) is 15.5. The van der Waals surface area contributed by atoms with E-state index in [1.54, 1.807) is 0 Å². The molecule has 2 aromatic rings. The Bertz CT molecular complexity index is 495. The van der Waals surface area contributed by atoms with Crippen LogP contribution in [-0.2, 0) is 13.1 Å². The van der Waals surface area contributed by atoms with E-state index in [4.69, 9.17) is 0 Å². The minimum atomic E-state index is 0. The quantitative estimate of drug-likeness (QED) is 0.449. The lowest BCUT2D eigenvalue weighted by Crippen LogP contribution is -3.00. The third-order valence-corrected chi connectivity index (χ3v) is 3.55. The van der Waals surface area contributed by atoms with E-state index in [0.717, 1.165) is 13.1 Å². The van der Waals surface area contributed by atoms with E-state index in [1.807, 2.05) is 0 Å². The van der Waals surface area contributed by atoms with E-state index in [2.05, 4.69) is 85.9 Å². The minimum Gasteiger partial charge on any atom is -1.00 e. The van der Waals surface area contributed by atoms with Crippen LogP contribution < -0.4 is 43.1 Å². The zero-order valence-corrected chi connectivity index (χ0v) is 18.7. The lowest BCUT2D eigenvalue weighted by atomic mass is 10.3. The second kappa shape index (κ2) is 15.8. The predicted octanol–water partition coefficient (Wildman–Crippen LogP) is -1.83. The molecule has 2 aromatic heterocycles. The van der Waals surface area contributed by atoms with Crippen LogP contribution in [0.3, 0.4) is 0 Å². The van der Waals surface area contributed by atoms with Crippen LogP contribution in [0.5, 0.6) is 0 Å². The second-order valence-electron chi connectivity index (χ2n) is 5.95. The maximum Gasteiger partial charge on any atom is 0.171 e. The smallest absolute Gasteiger partial charge is 0.171 e. The molecular weight excluding hydrogens is 428 g/mol. The van der Waals surface area contributed by atoms with Gasteiger partial charge in [0.25, 0.3) is 0 Å². The van der Waals surface area contributed by atoms with Gasteiger partial charge in [0.15, 0.2) is 24.8 Å². The van der Waals surface area contributed by atoms with Gasteiger partial charge in [-0.1, -0.05) is 26.7 Å². The Morgan fingerprint density at radius 1 is 0.708 bits per heavy atom. The van der Waals surface area contributed by atoms with Gasteiger partial charge in [0.1, 0.15) is 13.1 Å². The summed E-state index contributed by atoms with van der Waals surface area (Å²) in [6.07, 6.45) is 13.7. The van der Waals surface area contributed by atoms with Crippen molar-refractivity contribution >= 4 is 0 Å². The van der Waals surface area contributed by atoms with Crippen LogP contribution in [0.4, 0.5) is 0 Å². The Hall–Kier alpha value is -0.740. The summed E-state index contributed by atoms with van der Waals surface area (Å²) >= 11 is 0. The van der Waals surface area contributed by atoms with Crippen molar-refractivity contribution in [3.8, 4) is 0 Å². The van der Waals surface area contributed by atoms with Crippen molar-refractivity contribution in [2.24, 2.45) is 0 Å². The van der Waals surface area contributed by atoms with Crippen LogP contribution in [0.2, 0.25) is 0 Å². The molecule has 0 aliphatic heterocycles. The number of nitrogens with zero attached hydrogens (tertiary/aromatic N) is 2. The molecule has 0 aliphatic carbocycles. The van der Waals surface area contributed by atoms with E-state index >= 15 is 0 Å². The Morgan fingerprint density at radius 3 is 1.38 bits per heavy atom. The van der Waals surface area contributed by atoms with Crippen LogP contribution in [0.1, 0.15) is 50.7 Å². The molecule has 0 amide bonds. The van der Waals surface area contributed by atoms with Gasteiger partial charge in [0, 0.05) is 36.1 Å². The lowest BCUT2D eigenvalue weighted by molar-refractivity contribution is -0.697. The highest BCUT2D eigenvalue weighted by atomic mass is 79.9. The van der Waals surface area contributed by atoms with Crippen molar-refractivity contribution in [1.29, 1.82) is 0 Å². The third kappa shape index (κ3) is 11.7. The summed E-state index contributed by atoms with van der Waals surface area (Å²) < 4.78 is 4.50. The molecule has 24 heavy (non-hydrogen) atoms. The first-order valence-electron chi connectivity index (χ1n) is 8.57. The molecule has 0 N–H and O–H groups in total. The van der Waals surface area contributed by atoms with E-state index in [1.165, 1.54) is 36.8 Å². The molecule has 4 heteroatoms.